The van der Waals surface area contributed by atoms with Gasteiger partial charge in [0.25, 0.3) is 0 Å². The highest BCUT2D eigenvalue weighted by atomic mass is 32.2. The molecule has 0 aliphatic rings. The van der Waals surface area contributed by atoms with Gasteiger partial charge in [-0.2, -0.15) is 5.10 Å². The second-order valence-corrected chi connectivity index (χ2v) is 6.60. The van der Waals surface area contributed by atoms with Crippen molar-refractivity contribution in [2.75, 3.05) is 26.7 Å². The number of allylic oxidation sites excluding steroid dienone is 1. The molecule has 0 aromatic carbocycles. The van der Waals surface area contributed by atoms with Crippen LogP contribution in [-0.2, 0) is 16.6 Å². The zero-order valence-electron chi connectivity index (χ0n) is 12.2. The Hall–Kier alpha value is -1.18. The van der Waals surface area contributed by atoms with E-state index in [2.05, 4.69) is 17.0 Å². The summed E-state index contributed by atoms with van der Waals surface area (Å²) in [6.45, 7) is 8.45. The third kappa shape index (κ3) is 4.73. The van der Waals surface area contributed by atoms with Gasteiger partial charge in [-0.3, -0.25) is 4.68 Å². The van der Waals surface area contributed by atoms with Crippen LogP contribution in [0.3, 0.4) is 0 Å². The summed E-state index contributed by atoms with van der Waals surface area (Å²) in [6.07, 6.45) is 6.36. The van der Waals surface area contributed by atoms with Gasteiger partial charge in [-0.05, 0) is 19.4 Å². The number of unbranched alkanes of at least 4 members (excludes halogenated alkanes) is 1. The predicted octanol–water partition coefficient (Wildman–Crippen LogP) is 1.08. The summed E-state index contributed by atoms with van der Waals surface area (Å²) in [6, 6.07) is 0. The SMILES string of the molecule is C=CCCCN(C)S(=O)(=O)c1cnn(CCNCC)c1. The molecule has 1 aromatic rings. The van der Waals surface area contributed by atoms with Gasteiger partial charge in [0.15, 0.2) is 0 Å². The molecule has 0 saturated heterocycles. The second kappa shape index (κ2) is 8.18. The monoisotopic (exact) mass is 300 g/mol. The Morgan fingerprint density at radius 3 is 2.95 bits per heavy atom. The lowest BCUT2D eigenvalue weighted by molar-refractivity contribution is 0.462. The molecule has 0 bridgehead atoms. The van der Waals surface area contributed by atoms with Crippen LogP contribution in [0.15, 0.2) is 29.9 Å². The van der Waals surface area contributed by atoms with Crippen molar-refractivity contribution in [2.45, 2.75) is 31.2 Å². The van der Waals surface area contributed by atoms with Crippen LogP contribution < -0.4 is 5.32 Å². The lowest BCUT2D eigenvalue weighted by Crippen LogP contribution is -2.27. The number of nitrogens with one attached hydrogen (secondary N) is 1. The number of likely N-dealkylation sites (N-methyl/N-ethyl adjacent to an activating group) is 1. The number of aromatic nitrogens is 2. The van der Waals surface area contributed by atoms with Crippen molar-refractivity contribution in [3.8, 4) is 0 Å². The highest BCUT2D eigenvalue weighted by Crippen LogP contribution is 2.13. The maximum Gasteiger partial charge on any atom is 0.245 e. The summed E-state index contributed by atoms with van der Waals surface area (Å²) in [5.74, 6) is 0. The molecule has 0 saturated carbocycles. The first-order valence-electron chi connectivity index (χ1n) is 6.82. The molecular formula is C13H24N4O2S. The maximum atomic E-state index is 12.3. The molecule has 20 heavy (non-hydrogen) atoms. The standard InChI is InChI=1S/C13H24N4O2S/c1-4-6-7-9-16(3)20(18,19)13-11-15-17(12-13)10-8-14-5-2/h4,11-12,14H,1,5-10H2,2-3H3. The van der Waals surface area contributed by atoms with Gasteiger partial charge in [-0.15, -0.1) is 6.58 Å². The number of sulfonamides is 1. The molecule has 114 valence electrons. The normalized spacial score (nSPS) is 11.9. The smallest absolute Gasteiger partial charge is 0.245 e. The fraction of sp³-hybridized carbons (Fsp3) is 0.615. The number of nitrogens with zero attached hydrogens (tertiary/aromatic N) is 3. The molecule has 0 fully saturated rings. The third-order valence-corrected chi connectivity index (χ3v) is 4.78. The third-order valence-electron chi connectivity index (χ3n) is 2.97. The van der Waals surface area contributed by atoms with E-state index in [0.29, 0.717) is 13.1 Å². The lowest BCUT2D eigenvalue weighted by atomic mass is 10.3. The Kier molecular flexibility index (Phi) is 6.90. The summed E-state index contributed by atoms with van der Waals surface area (Å²) < 4.78 is 27.6. The summed E-state index contributed by atoms with van der Waals surface area (Å²) in [5.41, 5.74) is 0. The minimum atomic E-state index is -3.43. The number of hydrogen-bond donors (Lipinski definition) is 1. The van der Waals surface area contributed by atoms with E-state index in [-0.39, 0.29) is 4.90 Å². The van der Waals surface area contributed by atoms with E-state index in [1.165, 1.54) is 10.5 Å². The minimum Gasteiger partial charge on any atom is -0.315 e. The Balaban J connectivity index is 2.64. The Morgan fingerprint density at radius 2 is 2.30 bits per heavy atom. The highest BCUT2D eigenvalue weighted by molar-refractivity contribution is 7.89. The molecule has 0 spiro atoms. The van der Waals surface area contributed by atoms with Crippen molar-refractivity contribution in [1.29, 1.82) is 0 Å². The van der Waals surface area contributed by atoms with E-state index in [4.69, 9.17) is 0 Å². The second-order valence-electron chi connectivity index (χ2n) is 4.55. The van der Waals surface area contributed by atoms with Crippen LogP contribution in [-0.4, -0.2) is 49.2 Å². The fourth-order valence-electron chi connectivity index (χ4n) is 1.73. The Morgan fingerprint density at radius 1 is 1.55 bits per heavy atom. The van der Waals surface area contributed by atoms with Crippen molar-refractivity contribution in [1.82, 2.24) is 19.4 Å². The topological polar surface area (TPSA) is 67.2 Å². The fourth-order valence-corrected chi connectivity index (χ4v) is 2.89. The Bertz CT molecular complexity index is 510. The van der Waals surface area contributed by atoms with E-state index < -0.39 is 10.0 Å². The van der Waals surface area contributed by atoms with E-state index in [0.717, 1.165) is 25.9 Å². The molecule has 7 heteroatoms. The molecule has 0 aliphatic carbocycles. The molecule has 0 amide bonds. The van der Waals surface area contributed by atoms with Gasteiger partial charge in [-0.1, -0.05) is 13.0 Å². The van der Waals surface area contributed by atoms with Gasteiger partial charge in [0, 0.05) is 26.3 Å². The minimum absolute atomic E-state index is 0.245. The van der Waals surface area contributed by atoms with Crippen LogP contribution in [0.1, 0.15) is 19.8 Å². The first-order chi connectivity index (χ1) is 9.52. The van der Waals surface area contributed by atoms with Gasteiger partial charge >= 0.3 is 0 Å². The molecule has 0 aliphatic heterocycles. The molecule has 1 aromatic heterocycles. The van der Waals surface area contributed by atoms with E-state index >= 15 is 0 Å². The average Bonchev–Trinajstić information content (AvgIpc) is 2.88. The average molecular weight is 300 g/mol. The van der Waals surface area contributed by atoms with Gasteiger partial charge in [0.1, 0.15) is 4.90 Å². The Labute approximate surface area is 121 Å². The summed E-state index contributed by atoms with van der Waals surface area (Å²) >= 11 is 0. The van der Waals surface area contributed by atoms with Crippen molar-refractivity contribution < 1.29 is 8.42 Å². The molecule has 6 nitrogen and oxygen atoms in total. The predicted molar refractivity (Wildman–Crippen MR) is 80.0 cm³/mol. The molecule has 1 N–H and O–H groups in total. The highest BCUT2D eigenvalue weighted by Gasteiger charge is 2.21. The lowest BCUT2D eigenvalue weighted by Gasteiger charge is -2.15. The summed E-state index contributed by atoms with van der Waals surface area (Å²) in [5, 5.41) is 7.26. The molecule has 0 radical (unpaired) electrons. The summed E-state index contributed by atoms with van der Waals surface area (Å²) in [4.78, 5) is 0.245. The maximum absolute atomic E-state index is 12.3. The van der Waals surface area contributed by atoms with Crippen LogP contribution in [0.5, 0.6) is 0 Å². The van der Waals surface area contributed by atoms with Crippen LogP contribution in [0.25, 0.3) is 0 Å². The zero-order chi connectivity index (χ0) is 15.0. The van der Waals surface area contributed by atoms with Crippen molar-refractivity contribution in [3.05, 3.63) is 25.0 Å². The van der Waals surface area contributed by atoms with Gasteiger partial charge in [-0.25, -0.2) is 12.7 Å². The van der Waals surface area contributed by atoms with E-state index in [9.17, 15) is 8.42 Å². The number of rotatable bonds is 10. The van der Waals surface area contributed by atoms with Crippen molar-refractivity contribution in [2.24, 2.45) is 0 Å². The summed E-state index contributed by atoms with van der Waals surface area (Å²) in [7, 11) is -1.84. The van der Waals surface area contributed by atoms with Crippen molar-refractivity contribution >= 4 is 10.0 Å². The van der Waals surface area contributed by atoms with Gasteiger partial charge in [0.05, 0.1) is 12.7 Å². The van der Waals surface area contributed by atoms with Crippen LogP contribution in [0.4, 0.5) is 0 Å². The largest absolute Gasteiger partial charge is 0.315 e. The molecule has 1 rings (SSSR count). The van der Waals surface area contributed by atoms with Gasteiger partial charge in [0.2, 0.25) is 10.0 Å². The van der Waals surface area contributed by atoms with Crippen LogP contribution in [0, 0.1) is 0 Å². The van der Waals surface area contributed by atoms with Crippen molar-refractivity contribution in [3.63, 3.8) is 0 Å². The molecule has 0 unspecified atom stereocenters. The number of hydrogen-bond acceptors (Lipinski definition) is 4. The van der Waals surface area contributed by atoms with Crippen LogP contribution in [0.2, 0.25) is 0 Å². The molecular weight excluding hydrogens is 276 g/mol. The van der Waals surface area contributed by atoms with Crippen LogP contribution >= 0.6 is 0 Å². The van der Waals surface area contributed by atoms with E-state index in [1.807, 2.05) is 6.92 Å². The first-order valence-corrected chi connectivity index (χ1v) is 8.26. The quantitative estimate of drug-likeness (QED) is 0.519. The van der Waals surface area contributed by atoms with Gasteiger partial charge < -0.3 is 5.32 Å². The van der Waals surface area contributed by atoms with E-state index in [1.54, 1.807) is 24.0 Å². The molecule has 1 heterocycles. The molecule has 0 atom stereocenters. The first kappa shape index (κ1) is 16.9. The zero-order valence-corrected chi connectivity index (χ0v) is 13.1.